The largest absolute Gasteiger partial charge is 0.444 e. The maximum atomic E-state index is 13.1. The van der Waals surface area contributed by atoms with Crippen molar-refractivity contribution in [2.75, 3.05) is 4.90 Å². The lowest BCUT2D eigenvalue weighted by Crippen LogP contribution is -2.31. The molecule has 1 amide bonds. The Balaban J connectivity index is 1.79. The summed E-state index contributed by atoms with van der Waals surface area (Å²) < 4.78 is 18.6. The van der Waals surface area contributed by atoms with E-state index < -0.39 is 6.09 Å². The lowest BCUT2D eigenvalue weighted by molar-refractivity contribution is 0.146. The second-order valence-corrected chi connectivity index (χ2v) is 6.17. The van der Waals surface area contributed by atoms with Crippen LogP contribution in [0.4, 0.5) is 14.9 Å². The first-order chi connectivity index (χ1) is 12.6. The Labute approximate surface area is 156 Å². The smallest absolute Gasteiger partial charge is 0.414 e. The van der Waals surface area contributed by atoms with Gasteiger partial charge >= 0.3 is 6.09 Å². The molecule has 0 aliphatic heterocycles. The number of ether oxygens (including phenoxy) is 1. The highest BCUT2D eigenvalue weighted by atomic mass is 35.5. The number of carbonyl (C=O) groups excluding carboxylic acids is 1. The first-order valence-electron chi connectivity index (χ1n) is 8.10. The fraction of sp³-hybridized carbons (Fsp3) is 0.0952. The predicted molar refractivity (Wildman–Crippen MR) is 101 cm³/mol. The van der Waals surface area contributed by atoms with Crippen LogP contribution in [0.5, 0.6) is 0 Å². The van der Waals surface area contributed by atoms with Crippen LogP contribution in [0.15, 0.2) is 78.9 Å². The van der Waals surface area contributed by atoms with Gasteiger partial charge in [0.15, 0.2) is 0 Å². The van der Waals surface area contributed by atoms with E-state index in [4.69, 9.17) is 16.3 Å². The normalized spacial score (nSPS) is 10.4. The molecule has 132 valence electrons. The van der Waals surface area contributed by atoms with Gasteiger partial charge in [-0.3, -0.25) is 4.90 Å². The van der Waals surface area contributed by atoms with Crippen LogP contribution in [-0.2, 0) is 17.9 Å². The maximum absolute atomic E-state index is 13.1. The number of nitrogens with zero attached hydrogens (tertiary/aromatic N) is 1. The molecule has 0 fully saturated rings. The molecule has 0 radical (unpaired) electrons. The number of halogens is 2. The van der Waals surface area contributed by atoms with E-state index in [1.54, 1.807) is 36.4 Å². The summed E-state index contributed by atoms with van der Waals surface area (Å²) in [7, 11) is 0. The minimum Gasteiger partial charge on any atom is -0.444 e. The number of benzene rings is 3. The van der Waals surface area contributed by atoms with Gasteiger partial charge in [0, 0.05) is 10.7 Å². The Morgan fingerprint density at radius 2 is 1.65 bits per heavy atom. The van der Waals surface area contributed by atoms with Gasteiger partial charge in [0.1, 0.15) is 12.4 Å². The van der Waals surface area contributed by atoms with Crippen LogP contribution >= 0.6 is 11.6 Å². The summed E-state index contributed by atoms with van der Waals surface area (Å²) in [5.41, 5.74) is 2.29. The summed E-state index contributed by atoms with van der Waals surface area (Å²) in [4.78, 5) is 14.2. The van der Waals surface area contributed by atoms with Gasteiger partial charge < -0.3 is 4.74 Å². The molecule has 0 unspecified atom stereocenters. The third-order valence-electron chi connectivity index (χ3n) is 3.80. The van der Waals surface area contributed by atoms with Crippen molar-refractivity contribution < 1.29 is 13.9 Å². The third kappa shape index (κ3) is 4.83. The highest BCUT2D eigenvalue weighted by Crippen LogP contribution is 2.23. The fourth-order valence-corrected chi connectivity index (χ4v) is 2.66. The summed E-state index contributed by atoms with van der Waals surface area (Å²) in [5.74, 6) is -0.324. The molecule has 0 heterocycles. The molecule has 0 bridgehead atoms. The molecular weight excluding hydrogens is 353 g/mol. The summed E-state index contributed by atoms with van der Waals surface area (Å²) in [6.07, 6.45) is -0.500. The Morgan fingerprint density at radius 3 is 2.35 bits per heavy atom. The van der Waals surface area contributed by atoms with Crippen molar-refractivity contribution in [1.82, 2.24) is 0 Å². The molecule has 26 heavy (non-hydrogen) atoms. The first kappa shape index (κ1) is 18.0. The molecule has 0 aliphatic rings. The van der Waals surface area contributed by atoms with Crippen molar-refractivity contribution in [3.05, 3.63) is 101 Å². The summed E-state index contributed by atoms with van der Waals surface area (Å²) in [6, 6.07) is 22.4. The second kappa shape index (κ2) is 8.50. The zero-order chi connectivity index (χ0) is 18.4. The molecule has 3 rings (SSSR count). The molecule has 0 N–H and O–H groups in total. The van der Waals surface area contributed by atoms with Gasteiger partial charge in [-0.1, -0.05) is 60.1 Å². The SMILES string of the molecule is O=C(OCc1ccccc1)N(Cc1ccc(F)cc1)c1cccc(Cl)c1. The fourth-order valence-electron chi connectivity index (χ4n) is 2.47. The average Bonchev–Trinajstić information content (AvgIpc) is 2.66. The molecule has 3 nitrogen and oxygen atoms in total. The topological polar surface area (TPSA) is 29.5 Å². The molecule has 0 aromatic heterocycles. The van der Waals surface area contributed by atoms with E-state index in [-0.39, 0.29) is 19.0 Å². The van der Waals surface area contributed by atoms with Crippen LogP contribution in [-0.4, -0.2) is 6.09 Å². The van der Waals surface area contributed by atoms with E-state index in [2.05, 4.69) is 0 Å². The minimum atomic E-state index is -0.500. The molecule has 0 atom stereocenters. The lowest BCUT2D eigenvalue weighted by atomic mass is 10.2. The lowest BCUT2D eigenvalue weighted by Gasteiger charge is -2.22. The van der Waals surface area contributed by atoms with Gasteiger partial charge in [0.05, 0.1) is 6.54 Å². The molecule has 5 heteroatoms. The van der Waals surface area contributed by atoms with Gasteiger partial charge in [-0.25, -0.2) is 9.18 Å². The van der Waals surface area contributed by atoms with Crippen molar-refractivity contribution in [2.45, 2.75) is 13.2 Å². The standard InChI is InChI=1S/C21H17ClFNO2/c22-18-7-4-8-20(13-18)24(14-16-9-11-19(23)12-10-16)21(25)26-15-17-5-2-1-3-6-17/h1-13H,14-15H2. The van der Waals surface area contributed by atoms with E-state index in [1.807, 2.05) is 30.3 Å². The van der Waals surface area contributed by atoms with Crippen LogP contribution in [0.2, 0.25) is 5.02 Å². The van der Waals surface area contributed by atoms with Crippen molar-refractivity contribution in [2.24, 2.45) is 0 Å². The summed E-state index contributed by atoms with van der Waals surface area (Å²) in [5, 5.41) is 0.516. The van der Waals surface area contributed by atoms with Crippen molar-refractivity contribution >= 4 is 23.4 Å². The van der Waals surface area contributed by atoms with Gasteiger partial charge in [0.25, 0.3) is 0 Å². The van der Waals surface area contributed by atoms with Gasteiger partial charge in [-0.2, -0.15) is 0 Å². The summed E-state index contributed by atoms with van der Waals surface area (Å²) in [6.45, 7) is 0.411. The van der Waals surface area contributed by atoms with E-state index in [0.717, 1.165) is 11.1 Å². The highest BCUT2D eigenvalue weighted by Gasteiger charge is 2.18. The van der Waals surface area contributed by atoms with Crippen LogP contribution < -0.4 is 4.90 Å². The maximum Gasteiger partial charge on any atom is 0.414 e. The van der Waals surface area contributed by atoms with Crippen LogP contribution in [0, 0.1) is 5.82 Å². The van der Waals surface area contributed by atoms with Gasteiger partial charge in [-0.05, 0) is 41.5 Å². The zero-order valence-electron chi connectivity index (χ0n) is 13.9. The molecule has 0 saturated heterocycles. The number of hydrogen-bond donors (Lipinski definition) is 0. The second-order valence-electron chi connectivity index (χ2n) is 5.73. The Bertz CT molecular complexity index is 869. The Hall–Kier alpha value is -2.85. The van der Waals surface area contributed by atoms with E-state index in [9.17, 15) is 9.18 Å². The third-order valence-corrected chi connectivity index (χ3v) is 4.03. The van der Waals surface area contributed by atoms with Crippen LogP contribution in [0.3, 0.4) is 0 Å². The number of hydrogen-bond acceptors (Lipinski definition) is 2. The monoisotopic (exact) mass is 369 g/mol. The van der Waals surface area contributed by atoms with Crippen molar-refractivity contribution in [1.29, 1.82) is 0 Å². The Kier molecular flexibility index (Phi) is 5.87. The van der Waals surface area contributed by atoms with Crippen molar-refractivity contribution in [3.63, 3.8) is 0 Å². The molecule has 0 spiro atoms. The predicted octanol–water partition coefficient (Wildman–Crippen LogP) is 5.82. The average molecular weight is 370 g/mol. The number of amides is 1. The molecule has 0 aliphatic carbocycles. The summed E-state index contributed by atoms with van der Waals surface area (Å²) >= 11 is 6.06. The van der Waals surface area contributed by atoms with Crippen LogP contribution in [0.1, 0.15) is 11.1 Å². The molecule has 3 aromatic carbocycles. The van der Waals surface area contributed by atoms with E-state index in [1.165, 1.54) is 17.0 Å². The molecule has 0 saturated carbocycles. The number of rotatable bonds is 5. The highest BCUT2D eigenvalue weighted by molar-refractivity contribution is 6.30. The first-order valence-corrected chi connectivity index (χ1v) is 8.48. The van der Waals surface area contributed by atoms with Crippen LogP contribution in [0.25, 0.3) is 0 Å². The van der Waals surface area contributed by atoms with Gasteiger partial charge in [-0.15, -0.1) is 0 Å². The number of anilines is 1. The van der Waals surface area contributed by atoms with E-state index >= 15 is 0 Å². The number of carbonyl (C=O) groups is 1. The Morgan fingerprint density at radius 1 is 0.923 bits per heavy atom. The molecular formula is C21H17ClFNO2. The minimum absolute atomic E-state index is 0.167. The molecule has 3 aromatic rings. The van der Waals surface area contributed by atoms with Gasteiger partial charge in [0.2, 0.25) is 0 Å². The van der Waals surface area contributed by atoms with Crippen molar-refractivity contribution in [3.8, 4) is 0 Å². The quantitative estimate of drug-likeness (QED) is 0.567. The van der Waals surface area contributed by atoms with E-state index in [0.29, 0.717) is 10.7 Å². The zero-order valence-corrected chi connectivity index (χ0v) is 14.7.